The van der Waals surface area contributed by atoms with Gasteiger partial charge in [0.05, 0.1) is 6.61 Å². The number of phosphoric acid groups is 1. The SMILES string of the molecule is CCOOP(=O)([O-])[O-].[NH4+].[NH4+]. The molecule has 0 spiro atoms. The minimum absolute atomic E-state index is 0. The first-order valence-corrected chi connectivity index (χ1v) is 3.35. The highest BCUT2D eigenvalue weighted by Gasteiger charge is 1.86. The number of quaternary nitrogens is 2. The lowest BCUT2D eigenvalue weighted by Gasteiger charge is -2.25. The van der Waals surface area contributed by atoms with E-state index in [0.29, 0.717) is 0 Å². The predicted molar refractivity (Wildman–Crippen MR) is 32.3 cm³/mol. The number of hydrogen-bond acceptors (Lipinski definition) is 5. The van der Waals surface area contributed by atoms with Gasteiger partial charge in [-0.25, -0.2) is 9.56 Å². The summed E-state index contributed by atoms with van der Waals surface area (Å²) in [5.74, 6) is 0. The molecule has 0 unspecified atom stereocenters. The van der Waals surface area contributed by atoms with E-state index in [9.17, 15) is 14.4 Å². The van der Waals surface area contributed by atoms with E-state index in [1.54, 1.807) is 0 Å². The Morgan fingerprint density at radius 3 is 1.90 bits per heavy atom. The minimum Gasteiger partial charge on any atom is -0.788 e. The average Bonchev–Trinajstić information content (AvgIpc) is 1.59. The molecule has 8 N–H and O–H groups in total. The second-order valence-corrected chi connectivity index (χ2v) is 1.97. The Labute approximate surface area is 58.7 Å². The van der Waals surface area contributed by atoms with Gasteiger partial charge in [0.1, 0.15) is 7.82 Å². The summed E-state index contributed by atoms with van der Waals surface area (Å²) in [7, 11) is -4.90. The molecule has 0 aromatic heterocycles. The van der Waals surface area contributed by atoms with Crippen molar-refractivity contribution in [3.8, 4) is 0 Å². The summed E-state index contributed by atoms with van der Waals surface area (Å²) in [5.41, 5.74) is 0. The van der Waals surface area contributed by atoms with Gasteiger partial charge in [0, 0.05) is 0 Å². The minimum atomic E-state index is -4.90. The molecule has 0 saturated heterocycles. The Morgan fingerprint density at radius 1 is 1.40 bits per heavy atom. The van der Waals surface area contributed by atoms with Crippen LogP contribution in [0.1, 0.15) is 6.92 Å². The first-order chi connectivity index (χ1) is 3.56. The maximum atomic E-state index is 9.52. The molecule has 10 heavy (non-hydrogen) atoms. The van der Waals surface area contributed by atoms with Crippen LogP contribution in [0.15, 0.2) is 0 Å². The van der Waals surface area contributed by atoms with Crippen LogP contribution < -0.4 is 22.1 Å². The summed E-state index contributed by atoms with van der Waals surface area (Å²) in [6.07, 6.45) is 0. The molecular weight excluding hydrogens is 163 g/mol. The van der Waals surface area contributed by atoms with Crippen LogP contribution in [0, 0.1) is 0 Å². The van der Waals surface area contributed by atoms with Crippen LogP contribution in [0.3, 0.4) is 0 Å². The van der Waals surface area contributed by atoms with Crippen molar-refractivity contribution >= 4 is 7.82 Å². The van der Waals surface area contributed by atoms with Crippen LogP contribution in [-0.2, 0) is 14.1 Å². The molecular formula is C2H13N2O5P. The van der Waals surface area contributed by atoms with Crippen molar-refractivity contribution < 1.29 is 23.9 Å². The summed E-state index contributed by atoms with van der Waals surface area (Å²) in [4.78, 5) is 22.8. The fraction of sp³-hybridized carbons (Fsp3) is 1.00. The lowest BCUT2D eigenvalue weighted by atomic mass is 10.9. The van der Waals surface area contributed by atoms with Crippen LogP contribution in [0.2, 0.25) is 0 Å². The van der Waals surface area contributed by atoms with Crippen LogP contribution in [0.5, 0.6) is 0 Å². The zero-order valence-electron chi connectivity index (χ0n) is 6.20. The quantitative estimate of drug-likeness (QED) is 0.338. The fourth-order valence-corrected chi connectivity index (χ4v) is 0.352. The third-order valence-corrected chi connectivity index (χ3v) is 0.550. The summed E-state index contributed by atoms with van der Waals surface area (Å²) in [6, 6.07) is 0. The van der Waals surface area contributed by atoms with Crippen molar-refractivity contribution in [1.29, 1.82) is 0 Å². The van der Waals surface area contributed by atoms with Crippen LogP contribution >= 0.6 is 7.82 Å². The molecule has 0 aliphatic heterocycles. The van der Waals surface area contributed by atoms with Gasteiger partial charge in [-0.05, 0) is 6.92 Å². The largest absolute Gasteiger partial charge is 0.788 e. The molecule has 0 aromatic rings. The lowest BCUT2D eigenvalue weighted by Crippen LogP contribution is -2.16. The molecule has 66 valence electrons. The Bertz CT molecular complexity index is 102. The molecule has 7 nitrogen and oxygen atoms in total. The van der Waals surface area contributed by atoms with Crippen molar-refractivity contribution in [2.24, 2.45) is 0 Å². The maximum Gasteiger partial charge on any atom is 0.100 e. The van der Waals surface area contributed by atoms with Gasteiger partial charge in [-0.3, -0.25) is 0 Å². The van der Waals surface area contributed by atoms with Crippen molar-refractivity contribution in [3.05, 3.63) is 0 Å². The van der Waals surface area contributed by atoms with Gasteiger partial charge in [0.2, 0.25) is 0 Å². The molecule has 0 fully saturated rings. The lowest BCUT2D eigenvalue weighted by molar-refractivity contribution is -0.389. The summed E-state index contributed by atoms with van der Waals surface area (Å²) in [5, 5.41) is 0. The molecule has 0 aromatic carbocycles. The topological polar surface area (TPSA) is 155 Å². The van der Waals surface area contributed by atoms with Crippen LogP contribution in [0.4, 0.5) is 0 Å². The number of hydrogen-bond donors (Lipinski definition) is 2. The van der Waals surface area contributed by atoms with Gasteiger partial charge in [-0.15, -0.1) is 0 Å². The summed E-state index contributed by atoms with van der Waals surface area (Å²) < 4.78 is 12.8. The molecule has 0 radical (unpaired) electrons. The molecule has 0 saturated carbocycles. The first-order valence-electron chi connectivity index (χ1n) is 1.89. The molecule has 0 amide bonds. The summed E-state index contributed by atoms with van der Waals surface area (Å²) in [6.45, 7) is 1.53. The van der Waals surface area contributed by atoms with Gasteiger partial charge in [0.25, 0.3) is 0 Å². The zero-order chi connectivity index (χ0) is 6.62. The second-order valence-electron chi connectivity index (χ2n) is 0.928. The van der Waals surface area contributed by atoms with Crippen molar-refractivity contribution in [3.63, 3.8) is 0 Å². The third kappa shape index (κ3) is 15.7. The molecule has 8 heteroatoms. The number of rotatable bonds is 3. The first kappa shape index (κ1) is 16.5. The van der Waals surface area contributed by atoms with E-state index in [4.69, 9.17) is 0 Å². The Morgan fingerprint density at radius 2 is 1.80 bits per heavy atom. The van der Waals surface area contributed by atoms with E-state index in [-0.39, 0.29) is 18.9 Å². The van der Waals surface area contributed by atoms with Gasteiger partial charge in [-0.1, -0.05) is 0 Å². The van der Waals surface area contributed by atoms with E-state index >= 15 is 0 Å². The molecule has 0 aliphatic rings. The summed E-state index contributed by atoms with van der Waals surface area (Å²) >= 11 is 0. The second kappa shape index (κ2) is 7.10. The predicted octanol–water partition coefficient (Wildman–Crippen LogP) is -0.464. The fourth-order valence-electron chi connectivity index (χ4n) is 0.117. The average molecular weight is 176 g/mol. The van der Waals surface area contributed by atoms with Crippen LogP contribution in [-0.4, -0.2) is 6.61 Å². The Hall–Kier alpha value is -0.0100. The molecule has 0 rings (SSSR count). The highest BCUT2D eigenvalue weighted by molar-refractivity contribution is 7.43. The van der Waals surface area contributed by atoms with Crippen molar-refractivity contribution in [1.82, 2.24) is 12.3 Å². The van der Waals surface area contributed by atoms with Crippen LogP contribution in [0.25, 0.3) is 0 Å². The van der Waals surface area contributed by atoms with Gasteiger partial charge in [0.15, 0.2) is 0 Å². The van der Waals surface area contributed by atoms with E-state index in [1.807, 2.05) is 0 Å². The standard InChI is InChI=1S/C2H7O5P.2H3N/c1-2-6-7-8(3,4)5;;/h2H2,1H3,(H2,3,4,5);2*1H3. The molecule has 0 heterocycles. The van der Waals surface area contributed by atoms with Gasteiger partial charge in [-0.2, -0.15) is 0 Å². The van der Waals surface area contributed by atoms with Crippen molar-refractivity contribution in [2.45, 2.75) is 6.92 Å². The smallest absolute Gasteiger partial charge is 0.100 e. The van der Waals surface area contributed by atoms with E-state index in [1.165, 1.54) is 6.92 Å². The van der Waals surface area contributed by atoms with E-state index < -0.39 is 7.82 Å². The highest BCUT2D eigenvalue weighted by Crippen LogP contribution is 2.23. The molecule has 0 bridgehead atoms. The highest BCUT2D eigenvalue weighted by atomic mass is 31.2. The van der Waals surface area contributed by atoms with Gasteiger partial charge >= 0.3 is 0 Å². The van der Waals surface area contributed by atoms with E-state index in [0.717, 1.165) is 0 Å². The Balaban J connectivity index is -0.000000245. The third-order valence-electron chi connectivity index (χ3n) is 0.262. The molecule has 0 atom stereocenters. The monoisotopic (exact) mass is 176 g/mol. The molecule has 0 aliphatic carbocycles. The van der Waals surface area contributed by atoms with Crippen molar-refractivity contribution in [2.75, 3.05) is 6.61 Å². The Kier molecular flexibility index (Phi) is 11.7. The zero-order valence-corrected chi connectivity index (χ0v) is 7.09. The van der Waals surface area contributed by atoms with E-state index in [2.05, 4.69) is 9.56 Å². The van der Waals surface area contributed by atoms with Gasteiger partial charge < -0.3 is 26.7 Å². The normalized spacial score (nSPS) is 9.50. The maximum absolute atomic E-state index is 9.52.